The lowest BCUT2D eigenvalue weighted by Crippen LogP contribution is -2.58. The van der Waals surface area contributed by atoms with E-state index in [9.17, 15) is 34.2 Å². The number of carboxylic acids is 1. The number of aliphatic carboxylic acids is 1. The Morgan fingerprint density at radius 3 is 2.11 bits per heavy atom. The molecular weight excluding hydrogens is 588 g/mol. The van der Waals surface area contributed by atoms with Crippen molar-refractivity contribution in [2.75, 3.05) is 12.0 Å². The highest BCUT2D eigenvalue weighted by Crippen LogP contribution is 2.20. The number of amides is 4. The second-order valence-corrected chi connectivity index (χ2v) is 11.3. The van der Waals surface area contributed by atoms with Crippen molar-refractivity contribution in [2.45, 2.75) is 56.3 Å². The van der Waals surface area contributed by atoms with Crippen molar-refractivity contribution in [1.29, 1.82) is 0 Å². The predicted molar refractivity (Wildman–Crippen MR) is 167 cm³/mol. The zero-order chi connectivity index (χ0) is 32.2. The van der Waals surface area contributed by atoms with E-state index in [-0.39, 0.29) is 31.4 Å². The molecule has 4 atom stereocenters. The highest BCUT2D eigenvalue weighted by atomic mass is 32.2. The SMILES string of the molecule is CSCCC(N)C(=O)NC(Cc1ccc(O)cc1)C(=O)NC(Cc1c[nH]c2ccccc12)C(=O)NC(CCC(N)=O)C(=O)O. The van der Waals surface area contributed by atoms with Crippen LogP contribution in [0.1, 0.15) is 30.4 Å². The number of benzene rings is 2. The number of phenols is 1. The van der Waals surface area contributed by atoms with Crippen LogP contribution >= 0.6 is 11.8 Å². The van der Waals surface area contributed by atoms with Crippen molar-refractivity contribution < 1.29 is 34.2 Å². The topological polar surface area (TPSA) is 230 Å². The van der Waals surface area contributed by atoms with E-state index in [0.29, 0.717) is 23.3 Å². The number of aromatic hydroxyl groups is 1. The Hall–Kier alpha value is -4.56. The van der Waals surface area contributed by atoms with Gasteiger partial charge in [-0.3, -0.25) is 19.2 Å². The van der Waals surface area contributed by atoms with E-state index in [1.54, 1.807) is 18.3 Å². The fourth-order valence-corrected chi connectivity index (χ4v) is 5.04. The molecule has 2 aromatic carbocycles. The molecule has 0 aliphatic carbocycles. The Balaban J connectivity index is 1.89. The highest BCUT2D eigenvalue weighted by Gasteiger charge is 2.31. The molecule has 0 radical (unpaired) electrons. The number of aromatic nitrogens is 1. The van der Waals surface area contributed by atoms with Gasteiger partial charge in [-0.05, 0) is 54.2 Å². The maximum absolute atomic E-state index is 13.7. The lowest BCUT2D eigenvalue weighted by atomic mass is 10.0. The summed E-state index contributed by atoms with van der Waals surface area (Å²) in [6, 6.07) is 8.72. The number of H-pyrrole nitrogens is 1. The Bertz CT molecular complexity index is 1460. The summed E-state index contributed by atoms with van der Waals surface area (Å²) < 4.78 is 0. The number of primary amides is 1. The molecule has 10 N–H and O–H groups in total. The molecule has 0 saturated heterocycles. The van der Waals surface area contributed by atoms with Crippen molar-refractivity contribution in [1.82, 2.24) is 20.9 Å². The van der Waals surface area contributed by atoms with Crippen LogP contribution in [-0.2, 0) is 36.8 Å². The zero-order valence-corrected chi connectivity index (χ0v) is 25.1. The van der Waals surface area contributed by atoms with Gasteiger partial charge in [-0.1, -0.05) is 30.3 Å². The summed E-state index contributed by atoms with van der Waals surface area (Å²) in [6.07, 6.45) is 3.45. The first-order chi connectivity index (χ1) is 21.0. The van der Waals surface area contributed by atoms with E-state index in [1.165, 1.54) is 23.9 Å². The van der Waals surface area contributed by atoms with Gasteiger partial charge in [-0.15, -0.1) is 0 Å². The summed E-state index contributed by atoms with van der Waals surface area (Å²) >= 11 is 1.52. The average Bonchev–Trinajstić information content (AvgIpc) is 3.40. The van der Waals surface area contributed by atoms with Crippen LogP contribution < -0.4 is 27.4 Å². The molecule has 0 bridgehead atoms. The van der Waals surface area contributed by atoms with Gasteiger partial charge in [0.05, 0.1) is 6.04 Å². The Kier molecular flexibility index (Phi) is 12.6. The van der Waals surface area contributed by atoms with Crippen LogP contribution in [0.4, 0.5) is 0 Å². The molecule has 0 saturated carbocycles. The number of phenolic OH excluding ortho intramolecular Hbond substituents is 1. The zero-order valence-electron chi connectivity index (χ0n) is 24.2. The summed E-state index contributed by atoms with van der Waals surface area (Å²) in [5.41, 5.74) is 13.3. The molecule has 3 rings (SSSR count). The van der Waals surface area contributed by atoms with Gasteiger partial charge in [0.15, 0.2) is 0 Å². The summed E-state index contributed by atoms with van der Waals surface area (Å²) in [7, 11) is 0. The van der Waals surface area contributed by atoms with Crippen molar-refractivity contribution >= 4 is 52.3 Å². The molecule has 4 unspecified atom stereocenters. The fourth-order valence-electron chi connectivity index (χ4n) is 4.55. The predicted octanol–water partition coefficient (Wildman–Crippen LogP) is 0.544. The third kappa shape index (κ3) is 10.0. The Morgan fingerprint density at radius 1 is 0.864 bits per heavy atom. The molecule has 3 aromatic rings. The van der Waals surface area contributed by atoms with Crippen LogP contribution in [0.2, 0.25) is 0 Å². The third-order valence-electron chi connectivity index (χ3n) is 7.00. The second-order valence-electron chi connectivity index (χ2n) is 10.3. The molecular formula is C30H38N6O7S. The van der Waals surface area contributed by atoms with E-state index >= 15 is 0 Å². The van der Waals surface area contributed by atoms with Crippen LogP contribution in [0.3, 0.4) is 0 Å². The minimum atomic E-state index is -1.43. The van der Waals surface area contributed by atoms with Crippen molar-refractivity contribution in [3.05, 3.63) is 65.9 Å². The quantitative estimate of drug-likeness (QED) is 0.104. The normalized spacial score (nSPS) is 13.8. The number of carbonyl (C=O) groups is 5. The van der Waals surface area contributed by atoms with Gasteiger partial charge in [0, 0.05) is 36.4 Å². The van der Waals surface area contributed by atoms with Crippen LogP contribution in [0.25, 0.3) is 10.9 Å². The maximum Gasteiger partial charge on any atom is 0.326 e. The summed E-state index contributed by atoms with van der Waals surface area (Å²) in [4.78, 5) is 66.4. The van der Waals surface area contributed by atoms with Crippen LogP contribution in [0.5, 0.6) is 5.75 Å². The number of thioether (sulfide) groups is 1. The Morgan fingerprint density at radius 2 is 1.48 bits per heavy atom. The molecule has 0 fully saturated rings. The summed E-state index contributed by atoms with van der Waals surface area (Å²) in [6.45, 7) is 0. The minimum absolute atomic E-state index is 0.0170. The number of hydrogen-bond acceptors (Lipinski definition) is 8. The minimum Gasteiger partial charge on any atom is -0.508 e. The van der Waals surface area contributed by atoms with Gasteiger partial charge in [0.25, 0.3) is 0 Å². The molecule has 0 spiro atoms. The van der Waals surface area contributed by atoms with Crippen LogP contribution in [0.15, 0.2) is 54.7 Å². The number of fused-ring (bicyclic) bond motifs is 1. The van der Waals surface area contributed by atoms with Gasteiger partial charge in [0.1, 0.15) is 23.9 Å². The number of carbonyl (C=O) groups excluding carboxylic acids is 4. The number of aromatic amines is 1. The van der Waals surface area contributed by atoms with Gasteiger partial charge < -0.3 is 42.6 Å². The lowest BCUT2D eigenvalue weighted by molar-refractivity contribution is -0.142. The lowest BCUT2D eigenvalue weighted by Gasteiger charge is -2.25. The van der Waals surface area contributed by atoms with Crippen molar-refractivity contribution in [3.63, 3.8) is 0 Å². The first-order valence-corrected chi connectivity index (χ1v) is 15.4. The molecule has 1 aromatic heterocycles. The molecule has 4 amide bonds. The van der Waals surface area contributed by atoms with E-state index in [0.717, 1.165) is 10.9 Å². The van der Waals surface area contributed by atoms with Gasteiger partial charge >= 0.3 is 5.97 Å². The number of rotatable bonds is 17. The standard InChI is InChI=1S/C30H38N6O7S/c1-44-13-12-21(31)27(39)35-24(14-17-6-8-19(37)9-7-17)28(40)36-25(15-18-16-33-22-5-3-2-4-20(18)22)29(41)34-23(30(42)43)10-11-26(32)38/h2-9,16,21,23-25,33,37H,10-15,31H2,1H3,(H2,32,38)(H,34,41)(H,35,39)(H,36,40)(H,42,43). The first-order valence-electron chi connectivity index (χ1n) is 14.0. The van der Waals surface area contributed by atoms with Gasteiger partial charge in [-0.2, -0.15) is 11.8 Å². The number of carboxylic acid groups (broad SMARTS) is 1. The molecule has 1 heterocycles. The molecule has 44 heavy (non-hydrogen) atoms. The molecule has 13 nitrogen and oxygen atoms in total. The Labute approximate surface area is 258 Å². The van der Waals surface area contributed by atoms with Crippen LogP contribution in [-0.4, -0.2) is 81.0 Å². The largest absolute Gasteiger partial charge is 0.508 e. The van der Waals surface area contributed by atoms with Crippen molar-refractivity contribution in [2.24, 2.45) is 11.5 Å². The van der Waals surface area contributed by atoms with E-state index in [4.69, 9.17) is 11.5 Å². The first kappa shape index (κ1) is 33.9. The van der Waals surface area contributed by atoms with E-state index in [1.807, 2.05) is 30.5 Å². The van der Waals surface area contributed by atoms with Crippen LogP contribution in [0, 0.1) is 0 Å². The van der Waals surface area contributed by atoms with E-state index in [2.05, 4.69) is 20.9 Å². The molecule has 0 aliphatic heterocycles. The summed E-state index contributed by atoms with van der Waals surface area (Å²) in [5.74, 6) is -3.48. The highest BCUT2D eigenvalue weighted by molar-refractivity contribution is 7.98. The van der Waals surface area contributed by atoms with Crippen molar-refractivity contribution in [3.8, 4) is 5.75 Å². The molecule has 236 valence electrons. The second kappa shape index (κ2) is 16.3. The fraction of sp³-hybridized carbons (Fsp3) is 0.367. The maximum atomic E-state index is 13.7. The van der Waals surface area contributed by atoms with E-state index < -0.39 is 53.8 Å². The number of nitrogens with two attached hydrogens (primary N) is 2. The molecule has 0 aliphatic rings. The number of hydrogen-bond donors (Lipinski definition) is 8. The van der Waals surface area contributed by atoms with Gasteiger partial charge in [-0.25, -0.2) is 4.79 Å². The smallest absolute Gasteiger partial charge is 0.326 e. The average molecular weight is 627 g/mol. The van der Waals surface area contributed by atoms with Gasteiger partial charge in [0.2, 0.25) is 23.6 Å². The number of nitrogens with one attached hydrogen (secondary N) is 4. The monoisotopic (exact) mass is 626 g/mol. The number of para-hydroxylation sites is 1. The third-order valence-corrected chi connectivity index (χ3v) is 7.65. The summed E-state index contributed by atoms with van der Waals surface area (Å²) in [5, 5.41) is 27.9. The molecule has 14 heteroatoms.